The van der Waals surface area contributed by atoms with Crippen molar-refractivity contribution in [1.82, 2.24) is 30.0 Å². The average Bonchev–Trinajstić information content (AvgIpc) is 3.08. The zero-order valence-electron chi connectivity index (χ0n) is 13.2. The van der Waals surface area contributed by atoms with Crippen LogP contribution in [0.3, 0.4) is 0 Å². The molecule has 2 aromatic heterocycles. The van der Waals surface area contributed by atoms with Gasteiger partial charge in [0.15, 0.2) is 0 Å². The van der Waals surface area contributed by atoms with Gasteiger partial charge in [0.25, 0.3) is 0 Å². The van der Waals surface area contributed by atoms with E-state index in [1.807, 2.05) is 28.8 Å². The van der Waals surface area contributed by atoms with Crippen molar-refractivity contribution in [2.75, 3.05) is 31.1 Å². The fourth-order valence-corrected chi connectivity index (χ4v) is 2.63. The molecular weight excluding hydrogens is 294 g/mol. The molecule has 1 fully saturated rings. The van der Waals surface area contributed by atoms with E-state index in [0.717, 1.165) is 18.9 Å². The Morgan fingerprint density at radius 1 is 1.26 bits per heavy atom. The number of hydrogen-bond donors (Lipinski definition) is 1. The van der Waals surface area contributed by atoms with Crippen LogP contribution in [0.25, 0.3) is 0 Å². The summed E-state index contributed by atoms with van der Waals surface area (Å²) in [5, 5.41) is 7.17. The first kappa shape index (κ1) is 15.3. The average molecular weight is 315 g/mol. The van der Waals surface area contributed by atoms with Gasteiger partial charge in [-0.1, -0.05) is 0 Å². The Kier molecular flexibility index (Phi) is 4.70. The van der Waals surface area contributed by atoms with E-state index >= 15 is 0 Å². The number of amides is 2. The smallest absolute Gasteiger partial charge is 0.317 e. The molecule has 8 nitrogen and oxygen atoms in total. The quantitative estimate of drug-likeness (QED) is 0.893. The molecule has 8 heteroatoms. The third-order valence-electron chi connectivity index (χ3n) is 3.83. The van der Waals surface area contributed by atoms with Crippen molar-refractivity contribution < 1.29 is 4.79 Å². The van der Waals surface area contributed by atoms with Crippen LogP contribution in [0.15, 0.2) is 37.1 Å². The maximum Gasteiger partial charge on any atom is 0.317 e. The van der Waals surface area contributed by atoms with Gasteiger partial charge in [-0.3, -0.25) is 9.67 Å². The number of rotatable bonds is 4. The second-order valence-corrected chi connectivity index (χ2v) is 5.62. The van der Waals surface area contributed by atoms with Crippen LogP contribution < -0.4 is 10.2 Å². The first-order valence-electron chi connectivity index (χ1n) is 7.76. The van der Waals surface area contributed by atoms with Gasteiger partial charge in [-0.2, -0.15) is 5.10 Å². The predicted molar refractivity (Wildman–Crippen MR) is 86.0 cm³/mol. The molecule has 0 bridgehead atoms. The second-order valence-electron chi connectivity index (χ2n) is 5.62. The number of nitrogens with one attached hydrogen (secondary N) is 1. The second kappa shape index (κ2) is 7.08. The highest BCUT2D eigenvalue weighted by Gasteiger charge is 2.22. The maximum absolute atomic E-state index is 12.3. The van der Waals surface area contributed by atoms with E-state index in [9.17, 15) is 4.79 Å². The van der Waals surface area contributed by atoms with Crippen molar-refractivity contribution in [2.24, 2.45) is 0 Å². The number of anilines is 1. The van der Waals surface area contributed by atoms with Gasteiger partial charge in [-0.15, -0.1) is 0 Å². The molecule has 1 unspecified atom stereocenters. The summed E-state index contributed by atoms with van der Waals surface area (Å²) in [4.78, 5) is 24.7. The lowest BCUT2D eigenvalue weighted by molar-refractivity contribution is 0.189. The summed E-state index contributed by atoms with van der Waals surface area (Å²) < 4.78 is 1.82. The highest BCUT2D eigenvalue weighted by molar-refractivity contribution is 5.74. The van der Waals surface area contributed by atoms with Crippen LogP contribution in [-0.2, 0) is 6.54 Å². The number of aromatic nitrogens is 4. The number of carbonyl (C=O) groups is 1. The van der Waals surface area contributed by atoms with E-state index in [1.54, 1.807) is 24.8 Å². The highest BCUT2D eigenvalue weighted by Crippen LogP contribution is 2.11. The molecule has 3 heterocycles. The lowest BCUT2D eigenvalue weighted by Crippen LogP contribution is -2.53. The standard InChI is InChI=1S/C15H21N7O/c1-13(12-22-6-2-3-18-22)19-15(23)21-9-7-20(8-10-21)14-11-16-4-5-17-14/h2-6,11,13H,7-10,12H2,1H3,(H,19,23). The number of urea groups is 1. The molecule has 3 rings (SSSR count). The van der Waals surface area contributed by atoms with E-state index in [0.29, 0.717) is 19.6 Å². The van der Waals surface area contributed by atoms with Crippen LogP contribution in [0.4, 0.5) is 10.6 Å². The van der Waals surface area contributed by atoms with Crippen molar-refractivity contribution in [3.05, 3.63) is 37.1 Å². The summed E-state index contributed by atoms with van der Waals surface area (Å²) >= 11 is 0. The van der Waals surface area contributed by atoms with Crippen molar-refractivity contribution in [3.63, 3.8) is 0 Å². The van der Waals surface area contributed by atoms with Crippen LogP contribution >= 0.6 is 0 Å². The van der Waals surface area contributed by atoms with E-state index in [-0.39, 0.29) is 12.1 Å². The maximum atomic E-state index is 12.3. The van der Waals surface area contributed by atoms with Gasteiger partial charge < -0.3 is 15.1 Å². The zero-order valence-corrected chi connectivity index (χ0v) is 13.2. The molecule has 2 amide bonds. The van der Waals surface area contributed by atoms with Gasteiger partial charge in [0.1, 0.15) is 5.82 Å². The Morgan fingerprint density at radius 3 is 2.74 bits per heavy atom. The van der Waals surface area contributed by atoms with Crippen LogP contribution in [0, 0.1) is 0 Å². The van der Waals surface area contributed by atoms with E-state index in [4.69, 9.17) is 0 Å². The largest absolute Gasteiger partial charge is 0.352 e. The molecule has 1 atom stereocenters. The molecule has 0 aromatic carbocycles. The summed E-state index contributed by atoms with van der Waals surface area (Å²) in [7, 11) is 0. The number of piperazine rings is 1. The highest BCUT2D eigenvalue weighted by atomic mass is 16.2. The van der Waals surface area contributed by atoms with Crippen LogP contribution in [0.2, 0.25) is 0 Å². The van der Waals surface area contributed by atoms with Crippen molar-refractivity contribution in [1.29, 1.82) is 0 Å². The van der Waals surface area contributed by atoms with E-state index in [2.05, 4.69) is 25.3 Å². The molecule has 1 saturated heterocycles. The summed E-state index contributed by atoms with van der Waals surface area (Å²) in [6.07, 6.45) is 8.73. The first-order valence-corrected chi connectivity index (χ1v) is 7.76. The summed E-state index contributed by atoms with van der Waals surface area (Å²) in [6, 6.07) is 1.88. The first-order chi connectivity index (χ1) is 11.2. The molecular formula is C15H21N7O. The van der Waals surface area contributed by atoms with E-state index < -0.39 is 0 Å². The fourth-order valence-electron chi connectivity index (χ4n) is 2.63. The third-order valence-corrected chi connectivity index (χ3v) is 3.83. The minimum absolute atomic E-state index is 0.0246. The normalized spacial score (nSPS) is 16.2. The van der Waals surface area contributed by atoms with Gasteiger partial charge in [-0.25, -0.2) is 9.78 Å². The summed E-state index contributed by atoms with van der Waals surface area (Å²) in [6.45, 7) is 5.53. The van der Waals surface area contributed by atoms with Gasteiger partial charge in [-0.05, 0) is 13.0 Å². The van der Waals surface area contributed by atoms with Crippen molar-refractivity contribution >= 4 is 11.8 Å². The van der Waals surface area contributed by atoms with Crippen molar-refractivity contribution in [3.8, 4) is 0 Å². The molecule has 1 N–H and O–H groups in total. The Bertz CT molecular complexity index is 608. The van der Waals surface area contributed by atoms with Crippen LogP contribution in [-0.4, -0.2) is 62.9 Å². The molecule has 0 radical (unpaired) electrons. The monoisotopic (exact) mass is 315 g/mol. The molecule has 2 aromatic rings. The number of carbonyl (C=O) groups excluding carboxylic acids is 1. The van der Waals surface area contributed by atoms with Crippen LogP contribution in [0.5, 0.6) is 0 Å². The Balaban J connectivity index is 1.46. The molecule has 1 aliphatic heterocycles. The predicted octanol–water partition coefficient (Wildman–Crippen LogP) is 0.593. The molecule has 0 spiro atoms. The SMILES string of the molecule is CC(Cn1cccn1)NC(=O)N1CCN(c2cnccn2)CC1. The third kappa shape index (κ3) is 3.97. The van der Waals surface area contributed by atoms with Gasteiger partial charge in [0, 0.05) is 57.0 Å². The molecule has 0 aliphatic carbocycles. The minimum atomic E-state index is -0.0246. The fraction of sp³-hybridized carbons (Fsp3) is 0.467. The Labute approximate surface area is 135 Å². The van der Waals surface area contributed by atoms with E-state index in [1.165, 1.54) is 0 Å². The molecule has 1 aliphatic rings. The van der Waals surface area contributed by atoms with Gasteiger partial charge >= 0.3 is 6.03 Å². The lowest BCUT2D eigenvalue weighted by Gasteiger charge is -2.35. The zero-order chi connectivity index (χ0) is 16.1. The van der Waals surface area contributed by atoms with Crippen LogP contribution in [0.1, 0.15) is 6.92 Å². The van der Waals surface area contributed by atoms with Gasteiger partial charge in [0.2, 0.25) is 0 Å². The van der Waals surface area contributed by atoms with Gasteiger partial charge in [0.05, 0.1) is 12.7 Å². The summed E-state index contributed by atoms with van der Waals surface area (Å²) in [5.41, 5.74) is 0. The molecule has 0 saturated carbocycles. The van der Waals surface area contributed by atoms with Crippen molar-refractivity contribution in [2.45, 2.75) is 19.5 Å². The topological polar surface area (TPSA) is 79.2 Å². The Morgan fingerprint density at radius 2 is 2.09 bits per heavy atom. The number of hydrogen-bond acceptors (Lipinski definition) is 5. The number of nitrogens with zero attached hydrogens (tertiary/aromatic N) is 6. The Hall–Kier alpha value is -2.64. The molecule has 122 valence electrons. The molecule has 23 heavy (non-hydrogen) atoms. The minimum Gasteiger partial charge on any atom is -0.352 e. The lowest BCUT2D eigenvalue weighted by atomic mass is 10.3. The summed E-state index contributed by atoms with van der Waals surface area (Å²) in [5.74, 6) is 0.861.